The summed E-state index contributed by atoms with van der Waals surface area (Å²) in [5.74, 6) is -0.511. The van der Waals surface area contributed by atoms with E-state index in [9.17, 15) is 19.7 Å². The summed E-state index contributed by atoms with van der Waals surface area (Å²) in [6.45, 7) is 4.26. The second-order valence-electron chi connectivity index (χ2n) is 6.92. The van der Waals surface area contributed by atoms with Gasteiger partial charge in [0.25, 0.3) is 5.69 Å². The van der Waals surface area contributed by atoms with E-state index in [0.29, 0.717) is 12.2 Å². The Morgan fingerprint density at radius 3 is 2.37 bits per heavy atom. The zero-order chi connectivity index (χ0) is 21.9. The summed E-state index contributed by atoms with van der Waals surface area (Å²) in [5, 5.41) is 19.3. The van der Waals surface area contributed by atoms with Crippen molar-refractivity contribution in [2.45, 2.75) is 26.5 Å². The minimum Gasteiger partial charge on any atom is -0.445 e. The molecule has 0 aliphatic rings. The number of benzene rings is 2. The number of para-hydroxylation sites is 2. The molecule has 0 unspecified atom stereocenters. The van der Waals surface area contributed by atoms with E-state index in [0.717, 1.165) is 5.56 Å². The topological polar surface area (TPSA) is 123 Å². The molecule has 0 saturated carbocycles. The van der Waals surface area contributed by atoms with Crippen LogP contribution in [0.15, 0.2) is 54.6 Å². The van der Waals surface area contributed by atoms with Crippen molar-refractivity contribution in [1.29, 1.82) is 0 Å². The monoisotopic (exact) mass is 414 g/mol. The van der Waals surface area contributed by atoms with E-state index in [4.69, 9.17) is 4.74 Å². The summed E-state index contributed by atoms with van der Waals surface area (Å²) in [6, 6.07) is 14.7. The summed E-state index contributed by atoms with van der Waals surface area (Å²) >= 11 is 0. The fourth-order valence-corrected chi connectivity index (χ4v) is 2.70. The summed E-state index contributed by atoms with van der Waals surface area (Å²) < 4.78 is 5.17. The van der Waals surface area contributed by atoms with Crippen LogP contribution in [-0.4, -0.2) is 36.1 Å². The number of nitrogens with one attached hydrogen (secondary N) is 3. The highest BCUT2D eigenvalue weighted by molar-refractivity contribution is 5.85. The second kappa shape index (κ2) is 11.4. The third kappa shape index (κ3) is 7.08. The molecule has 0 bridgehead atoms. The number of nitro benzene ring substituents is 1. The fourth-order valence-electron chi connectivity index (χ4n) is 2.70. The summed E-state index contributed by atoms with van der Waals surface area (Å²) in [5.41, 5.74) is 1.19. The van der Waals surface area contributed by atoms with Gasteiger partial charge in [-0.3, -0.25) is 14.9 Å². The van der Waals surface area contributed by atoms with E-state index in [1.54, 1.807) is 18.2 Å². The van der Waals surface area contributed by atoms with Crippen LogP contribution in [0.4, 0.5) is 16.2 Å². The maximum absolute atomic E-state index is 12.5. The lowest BCUT2D eigenvalue weighted by Gasteiger charge is -2.21. The van der Waals surface area contributed by atoms with E-state index < -0.39 is 17.1 Å². The van der Waals surface area contributed by atoms with Crippen LogP contribution in [0.5, 0.6) is 0 Å². The summed E-state index contributed by atoms with van der Waals surface area (Å²) in [7, 11) is 0. The molecule has 0 aliphatic carbocycles. The zero-order valence-electron chi connectivity index (χ0n) is 17.0. The summed E-state index contributed by atoms with van der Waals surface area (Å²) in [4.78, 5) is 35.1. The fraction of sp³-hybridized carbons (Fsp3) is 0.333. The van der Waals surface area contributed by atoms with Crippen LogP contribution in [0.25, 0.3) is 0 Å². The van der Waals surface area contributed by atoms with Crippen molar-refractivity contribution >= 4 is 23.4 Å². The second-order valence-corrected chi connectivity index (χ2v) is 6.92. The molecule has 9 heteroatoms. The Labute approximate surface area is 175 Å². The normalized spacial score (nSPS) is 11.4. The zero-order valence-corrected chi connectivity index (χ0v) is 17.0. The minimum atomic E-state index is -0.765. The van der Waals surface area contributed by atoms with Crippen LogP contribution in [0.2, 0.25) is 0 Å². The van der Waals surface area contributed by atoms with E-state index in [2.05, 4.69) is 16.0 Å². The molecular weight excluding hydrogens is 388 g/mol. The molecule has 0 radical (unpaired) electrons. The lowest BCUT2D eigenvalue weighted by Crippen LogP contribution is -2.50. The number of carbonyl (C=O) groups is 2. The third-order valence-electron chi connectivity index (χ3n) is 4.28. The van der Waals surface area contributed by atoms with Crippen molar-refractivity contribution in [2.75, 3.05) is 18.4 Å². The van der Waals surface area contributed by atoms with E-state index in [1.165, 1.54) is 6.07 Å². The number of nitro groups is 1. The number of ether oxygens (including phenoxy) is 1. The molecule has 0 saturated heterocycles. The molecule has 30 heavy (non-hydrogen) atoms. The Hall–Kier alpha value is -3.62. The molecule has 2 amide bonds. The van der Waals surface area contributed by atoms with Gasteiger partial charge >= 0.3 is 6.09 Å². The van der Waals surface area contributed by atoms with Gasteiger partial charge in [0.2, 0.25) is 5.91 Å². The smallest absolute Gasteiger partial charge is 0.408 e. The van der Waals surface area contributed by atoms with Gasteiger partial charge in [-0.1, -0.05) is 56.3 Å². The maximum atomic E-state index is 12.5. The molecule has 0 fully saturated rings. The average Bonchev–Trinajstić information content (AvgIpc) is 2.74. The first kappa shape index (κ1) is 22.7. The Morgan fingerprint density at radius 1 is 1.03 bits per heavy atom. The maximum Gasteiger partial charge on any atom is 0.408 e. The van der Waals surface area contributed by atoms with Gasteiger partial charge in [-0.2, -0.15) is 0 Å². The van der Waals surface area contributed by atoms with E-state index in [1.807, 2.05) is 44.2 Å². The van der Waals surface area contributed by atoms with Crippen molar-refractivity contribution in [3.8, 4) is 0 Å². The highest BCUT2D eigenvalue weighted by atomic mass is 16.6. The number of alkyl carbamates (subject to hydrolysis) is 1. The number of amides is 2. The van der Waals surface area contributed by atoms with Crippen molar-refractivity contribution in [3.63, 3.8) is 0 Å². The van der Waals surface area contributed by atoms with Gasteiger partial charge in [-0.15, -0.1) is 0 Å². The van der Waals surface area contributed by atoms with E-state index >= 15 is 0 Å². The van der Waals surface area contributed by atoms with Crippen LogP contribution in [0.1, 0.15) is 19.4 Å². The van der Waals surface area contributed by atoms with Gasteiger partial charge in [0.15, 0.2) is 0 Å². The van der Waals surface area contributed by atoms with Crippen molar-refractivity contribution in [1.82, 2.24) is 10.6 Å². The van der Waals surface area contributed by atoms with Gasteiger partial charge < -0.3 is 20.7 Å². The molecule has 9 nitrogen and oxygen atoms in total. The average molecular weight is 414 g/mol. The number of anilines is 1. The first-order valence-electron chi connectivity index (χ1n) is 9.60. The van der Waals surface area contributed by atoms with Gasteiger partial charge in [-0.05, 0) is 17.5 Å². The van der Waals surface area contributed by atoms with E-state index in [-0.39, 0.29) is 30.7 Å². The standard InChI is InChI=1S/C21H26N4O5/c1-15(2)19(24-21(27)30-14-16-8-4-3-5-9-16)20(26)23-13-12-22-17-10-6-7-11-18(17)25(28)29/h3-11,15,19,22H,12-14H2,1-2H3,(H,23,26)(H,24,27)/t19-/m0/s1. The predicted molar refractivity (Wildman–Crippen MR) is 113 cm³/mol. The number of carbonyl (C=O) groups excluding carboxylic acids is 2. The largest absolute Gasteiger partial charge is 0.445 e. The molecule has 0 aliphatic heterocycles. The first-order valence-corrected chi connectivity index (χ1v) is 9.60. The van der Waals surface area contributed by atoms with Crippen molar-refractivity contribution in [2.24, 2.45) is 5.92 Å². The third-order valence-corrected chi connectivity index (χ3v) is 4.28. The van der Waals surface area contributed by atoms with Gasteiger partial charge in [0.1, 0.15) is 18.3 Å². The molecule has 2 aromatic rings. The molecular formula is C21H26N4O5. The number of hydrogen-bond donors (Lipinski definition) is 3. The molecule has 0 heterocycles. The Morgan fingerprint density at radius 2 is 1.70 bits per heavy atom. The van der Waals surface area contributed by atoms with Crippen molar-refractivity contribution < 1.29 is 19.2 Å². The first-order chi connectivity index (χ1) is 14.4. The van der Waals surface area contributed by atoms with Crippen molar-refractivity contribution in [3.05, 3.63) is 70.3 Å². The van der Waals surface area contributed by atoms with Crippen LogP contribution >= 0.6 is 0 Å². The lowest BCUT2D eigenvalue weighted by molar-refractivity contribution is -0.384. The number of rotatable bonds is 10. The van der Waals surface area contributed by atoms with Gasteiger partial charge in [-0.25, -0.2) is 4.79 Å². The minimum absolute atomic E-state index is 0.0355. The Bertz CT molecular complexity index is 857. The number of hydrogen-bond acceptors (Lipinski definition) is 6. The molecule has 1 atom stereocenters. The highest BCUT2D eigenvalue weighted by Crippen LogP contribution is 2.22. The van der Waals surface area contributed by atoms with Crippen LogP contribution < -0.4 is 16.0 Å². The number of nitrogens with zero attached hydrogens (tertiary/aromatic N) is 1. The lowest BCUT2D eigenvalue weighted by atomic mass is 10.0. The predicted octanol–water partition coefficient (Wildman–Crippen LogP) is 3.07. The van der Waals surface area contributed by atoms with Crippen LogP contribution in [-0.2, 0) is 16.1 Å². The van der Waals surface area contributed by atoms with Gasteiger partial charge in [0, 0.05) is 19.2 Å². The Balaban J connectivity index is 1.79. The SMILES string of the molecule is CC(C)[C@H](NC(=O)OCc1ccccc1)C(=O)NCCNc1ccccc1[N+](=O)[O-]. The van der Waals surface area contributed by atoms with Crippen LogP contribution in [0.3, 0.4) is 0 Å². The highest BCUT2D eigenvalue weighted by Gasteiger charge is 2.24. The van der Waals surface area contributed by atoms with Gasteiger partial charge in [0.05, 0.1) is 4.92 Å². The molecule has 0 spiro atoms. The molecule has 160 valence electrons. The molecule has 2 aromatic carbocycles. The molecule has 2 rings (SSSR count). The molecule has 3 N–H and O–H groups in total. The summed E-state index contributed by atoms with van der Waals surface area (Å²) in [6.07, 6.45) is -0.675. The van der Waals surface area contributed by atoms with Crippen LogP contribution in [0, 0.1) is 16.0 Å². The molecule has 0 aromatic heterocycles. The quantitative estimate of drug-likeness (QED) is 0.312. The Kier molecular flexibility index (Phi) is 8.61.